The van der Waals surface area contributed by atoms with Crippen LogP contribution in [0.5, 0.6) is 0 Å². The van der Waals surface area contributed by atoms with Gasteiger partial charge in [-0.3, -0.25) is 4.79 Å². The van der Waals surface area contributed by atoms with E-state index in [0.717, 1.165) is 12.8 Å². The van der Waals surface area contributed by atoms with E-state index in [1.54, 1.807) is 6.07 Å². The molecule has 1 heterocycles. The number of nitrogens with one attached hydrogen (secondary N) is 1. The van der Waals surface area contributed by atoms with E-state index < -0.39 is 5.97 Å². The van der Waals surface area contributed by atoms with Crippen LogP contribution in [0.15, 0.2) is 16.5 Å². The van der Waals surface area contributed by atoms with E-state index in [9.17, 15) is 9.59 Å². The van der Waals surface area contributed by atoms with Crippen LogP contribution in [0.3, 0.4) is 0 Å². The van der Waals surface area contributed by atoms with E-state index in [4.69, 9.17) is 15.3 Å². The summed E-state index contributed by atoms with van der Waals surface area (Å²) in [6.45, 7) is 2.90. The first kappa shape index (κ1) is 15.2. The molecule has 19 heavy (non-hydrogen) atoms. The van der Waals surface area contributed by atoms with Crippen LogP contribution in [0.25, 0.3) is 0 Å². The van der Waals surface area contributed by atoms with Gasteiger partial charge in [-0.05, 0) is 37.4 Å². The fourth-order valence-corrected chi connectivity index (χ4v) is 1.67. The lowest BCUT2D eigenvalue weighted by Crippen LogP contribution is -2.23. The van der Waals surface area contributed by atoms with Crippen molar-refractivity contribution in [3.05, 3.63) is 23.7 Å². The molecule has 1 atom stereocenters. The molecule has 6 nitrogen and oxygen atoms in total. The van der Waals surface area contributed by atoms with Crippen molar-refractivity contribution < 1.29 is 19.1 Å². The number of aromatic carboxylic acids is 1. The highest BCUT2D eigenvalue weighted by Gasteiger charge is 2.10. The third kappa shape index (κ3) is 5.56. The summed E-state index contributed by atoms with van der Waals surface area (Å²) >= 11 is 0. The molecule has 0 saturated heterocycles. The summed E-state index contributed by atoms with van der Waals surface area (Å²) in [7, 11) is 0. The molecule has 6 heteroatoms. The maximum atomic E-state index is 11.6. The monoisotopic (exact) mass is 268 g/mol. The molecule has 1 aromatic rings. The molecule has 1 rings (SSSR count). The third-order valence-corrected chi connectivity index (χ3v) is 2.86. The summed E-state index contributed by atoms with van der Waals surface area (Å²) in [6, 6.07) is 2.91. The van der Waals surface area contributed by atoms with Crippen LogP contribution in [0.2, 0.25) is 0 Å². The van der Waals surface area contributed by atoms with E-state index in [-0.39, 0.29) is 18.2 Å². The second-order valence-corrected chi connectivity index (χ2v) is 4.57. The SMILES string of the molecule is CC(CCN)CCC(=O)NCc1ccc(C(=O)O)o1. The molecule has 0 aliphatic rings. The topological polar surface area (TPSA) is 106 Å². The zero-order chi connectivity index (χ0) is 14.3. The van der Waals surface area contributed by atoms with Gasteiger partial charge in [0.2, 0.25) is 11.7 Å². The molecule has 1 amide bonds. The van der Waals surface area contributed by atoms with Crippen molar-refractivity contribution in [2.75, 3.05) is 6.54 Å². The highest BCUT2D eigenvalue weighted by atomic mass is 16.4. The minimum atomic E-state index is -1.12. The maximum absolute atomic E-state index is 11.6. The van der Waals surface area contributed by atoms with Gasteiger partial charge >= 0.3 is 5.97 Å². The standard InChI is InChI=1S/C13H20N2O4/c1-9(6-7-14)2-5-12(16)15-8-10-3-4-11(19-10)13(17)18/h3-4,9H,2,5-8,14H2,1H3,(H,15,16)(H,17,18). The van der Waals surface area contributed by atoms with Crippen LogP contribution in [0.1, 0.15) is 42.5 Å². The van der Waals surface area contributed by atoms with Crippen LogP contribution in [-0.4, -0.2) is 23.5 Å². The molecule has 4 N–H and O–H groups in total. The first-order chi connectivity index (χ1) is 9.02. The summed E-state index contributed by atoms with van der Waals surface area (Å²) in [4.78, 5) is 22.2. The van der Waals surface area contributed by atoms with Crippen molar-refractivity contribution in [3.8, 4) is 0 Å². The van der Waals surface area contributed by atoms with Gasteiger partial charge in [0.25, 0.3) is 0 Å². The molecule has 0 aromatic carbocycles. The van der Waals surface area contributed by atoms with Crippen molar-refractivity contribution in [3.63, 3.8) is 0 Å². The predicted octanol–water partition coefficient (Wildman–Crippen LogP) is 1.36. The molecule has 0 spiro atoms. The van der Waals surface area contributed by atoms with Gasteiger partial charge in [0.05, 0.1) is 6.54 Å². The Kier molecular flexibility index (Phi) is 6.08. The Morgan fingerprint density at radius 3 is 2.74 bits per heavy atom. The van der Waals surface area contributed by atoms with Gasteiger partial charge in [0.1, 0.15) is 5.76 Å². The van der Waals surface area contributed by atoms with Crippen LogP contribution in [0, 0.1) is 5.92 Å². The lowest BCUT2D eigenvalue weighted by Gasteiger charge is -2.09. The Balaban J connectivity index is 2.27. The largest absolute Gasteiger partial charge is 0.475 e. The van der Waals surface area contributed by atoms with Crippen LogP contribution in [-0.2, 0) is 11.3 Å². The summed E-state index contributed by atoms with van der Waals surface area (Å²) < 4.78 is 5.03. The number of hydrogen-bond donors (Lipinski definition) is 3. The number of nitrogens with two attached hydrogens (primary N) is 1. The number of carbonyl (C=O) groups is 2. The molecular weight excluding hydrogens is 248 g/mol. The maximum Gasteiger partial charge on any atom is 0.371 e. The molecule has 1 aromatic heterocycles. The van der Waals surface area contributed by atoms with Crippen molar-refractivity contribution in [2.24, 2.45) is 11.7 Å². The lowest BCUT2D eigenvalue weighted by molar-refractivity contribution is -0.121. The van der Waals surface area contributed by atoms with Gasteiger partial charge in [-0.15, -0.1) is 0 Å². The van der Waals surface area contributed by atoms with Crippen molar-refractivity contribution in [1.29, 1.82) is 0 Å². The van der Waals surface area contributed by atoms with Crippen LogP contribution in [0.4, 0.5) is 0 Å². The van der Waals surface area contributed by atoms with Crippen molar-refractivity contribution >= 4 is 11.9 Å². The molecular formula is C13H20N2O4. The number of carboxylic acids is 1. The fourth-order valence-electron chi connectivity index (χ4n) is 1.67. The molecule has 0 aliphatic heterocycles. The van der Waals surface area contributed by atoms with Crippen LogP contribution < -0.4 is 11.1 Å². The number of carbonyl (C=O) groups excluding carboxylic acids is 1. The number of carboxylic acid groups (broad SMARTS) is 1. The Hall–Kier alpha value is -1.82. The highest BCUT2D eigenvalue weighted by molar-refractivity contribution is 5.84. The van der Waals surface area contributed by atoms with E-state index in [2.05, 4.69) is 12.2 Å². The molecule has 0 saturated carbocycles. The minimum Gasteiger partial charge on any atom is -0.475 e. The van der Waals surface area contributed by atoms with E-state index in [1.807, 2.05) is 0 Å². The number of amides is 1. The Labute approximate surface area is 112 Å². The fraction of sp³-hybridized carbons (Fsp3) is 0.538. The van der Waals surface area contributed by atoms with E-state index >= 15 is 0 Å². The van der Waals surface area contributed by atoms with Crippen molar-refractivity contribution in [2.45, 2.75) is 32.7 Å². The predicted molar refractivity (Wildman–Crippen MR) is 69.6 cm³/mol. The highest BCUT2D eigenvalue weighted by Crippen LogP contribution is 2.10. The number of rotatable bonds is 8. The van der Waals surface area contributed by atoms with E-state index in [0.29, 0.717) is 24.6 Å². The normalized spacial score (nSPS) is 12.1. The third-order valence-electron chi connectivity index (χ3n) is 2.86. The molecule has 0 bridgehead atoms. The first-order valence-corrected chi connectivity index (χ1v) is 6.31. The molecule has 0 radical (unpaired) electrons. The zero-order valence-electron chi connectivity index (χ0n) is 11.0. The van der Waals surface area contributed by atoms with Crippen molar-refractivity contribution in [1.82, 2.24) is 5.32 Å². The number of furan rings is 1. The van der Waals surface area contributed by atoms with Gasteiger partial charge in [-0.1, -0.05) is 6.92 Å². The second-order valence-electron chi connectivity index (χ2n) is 4.57. The Morgan fingerprint density at radius 2 is 2.16 bits per heavy atom. The van der Waals surface area contributed by atoms with Gasteiger partial charge in [-0.2, -0.15) is 0 Å². The molecule has 1 unspecified atom stereocenters. The molecule has 106 valence electrons. The summed E-state index contributed by atoms with van der Waals surface area (Å²) in [5.41, 5.74) is 5.44. The second kappa shape index (κ2) is 7.58. The zero-order valence-corrected chi connectivity index (χ0v) is 11.0. The van der Waals surface area contributed by atoms with Gasteiger partial charge < -0.3 is 20.6 Å². The number of hydrogen-bond acceptors (Lipinski definition) is 4. The summed E-state index contributed by atoms with van der Waals surface area (Å²) in [5.74, 6) is -0.454. The first-order valence-electron chi connectivity index (χ1n) is 6.31. The Bertz CT molecular complexity index is 428. The summed E-state index contributed by atoms with van der Waals surface area (Å²) in [6.07, 6.45) is 2.14. The Morgan fingerprint density at radius 1 is 1.42 bits per heavy atom. The summed E-state index contributed by atoms with van der Waals surface area (Å²) in [5, 5.41) is 11.4. The van der Waals surface area contributed by atoms with Gasteiger partial charge in [-0.25, -0.2) is 4.79 Å². The minimum absolute atomic E-state index is 0.0721. The molecule has 0 aliphatic carbocycles. The smallest absolute Gasteiger partial charge is 0.371 e. The van der Waals surface area contributed by atoms with Crippen LogP contribution >= 0.6 is 0 Å². The average molecular weight is 268 g/mol. The van der Waals surface area contributed by atoms with Gasteiger partial charge in [0.15, 0.2) is 0 Å². The van der Waals surface area contributed by atoms with E-state index in [1.165, 1.54) is 6.07 Å². The quantitative estimate of drug-likeness (QED) is 0.660. The lowest BCUT2D eigenvalue weighted by atomic mass is 10.0. The average Bonchev–Trinajstić information content (AvgIpc) is 2.83. The van der Waals surface area contributed by atoms with Gasteiger partial charge in [0, 0.05) is 6.42 Å². The molecule has 0 fully saturated rings.